The van der Waals surface area contributed by atoms with E-state index >= 15 is 0 Å². The van der Waals surface area contributed by atoms with E-state index in [2.05, 4.69) is 25.1 Å². The van der Waals surface area contributed by atoms with Gasteiger partial charge >= 0.3 is 5.97 Å². The Hall–Kier alpha value is -3.08. The maximum Gasteiger partial charge on any atom is 0.328 e. The Bertz CT molecular complexity index is 674. The average Bonchev–Trinajstić information content (AvgIpc) is 2.54. The van der Waals surface area contributed by atoms with E-state index in [-0.39, 0.29) is 0 Å². The molecule has 0 atom stereocenters. The Kier molecular flexibility index (Phi) is 7.78. The lowest BCUT2D eigenvalue weighted by Gasteiger charge is -2.15. The number of benzene rings is 1. The van der Waals surface area contributed by atoms with Crippen LogP contribution in [0, 0.1) is 0 Å². The smallest absolute Gasteiger partial charge is 0.328 e. The van der Waals surface area contributed by atoms with Crippen LogP contribution in [-0.2, 0) is 22.4 Å². The van der Waals surface area contributed by atoms with Crippen molar-refractivity contribution in [3.05, 3.63) is 73.4 Å². The number of nitrogens with one attached hydrogen (secondary N) is 1. The van der Waals surface area contributed by atoms with E-state index in [0.29, 0.717) is 30.9 Å². The first-order chi connectivity index (χ1) is 11.5. The van der Waals surface area contributed by atoms with Crippen molar-refractivity contribution in [1.82, 2.24) is 0 Å². The van der Waals surface area contributed by atoms with Gasteiger partial charge in [0.15, 0.2) is 0 Å². The third-order valence-electron chi connectivity index (χ3n) is 3.01. The number of allylic oxidation sites excluding steroid dienone is 2. The lowest BCUT2D eigenvalue weighted by molar-refractivity contribution is -0.131. The number of anilines is 1. The van der Waals surface area contributed by atoms with Crippen LogP contribution >= 0.6 is 0 Å². The molecule has 126 valence electrons. The zero-order chi connectivity index (χ0) is 17.9. The Balaban J connectivity index is 3.20. The van der Waals surface area contributed by atoms with E-state index in [1.807, 2.05) is 6.07 Å². The van der Waals surface area contributed by atoms with Gasteiger partial charge in [-0.1, -0.05) is 24.8 Å². The van der Waals surface area contributed by atoms with Gasteiger partial charge < -0.3 is 15.2 Å². The highest BCUT2D eigenvalue weighted by atomic mass is 16.5. The van der Waals surface area contributed by atoms with Crippen molar-refractivity contribution in [3.63, 3.8) is 0 Å². The van der Waals surface area contributed by atoms with Gasteiger partial charge in [0.05, 0.1) is 0 Å². The first-order valence-electron chi connectivity index (χ1n) is 7.35. The standard InChI is InChI=1S/C19H21NO4/c1-4-7-14-12-15(8-5-2)17(24-11-6-3)13-16(14)20-18(21)9-10-19(22)23/h4-6,9-10,12-13H,1-3,7-8,11H2,(H,20,21)(H,22,23). The van der Waals surface area contributed by atoms with E-state index in [1.54, 1.807) is 24.3 Å². The van der Waals surface area contributed by atoms with Gasteiger partial charge in [-0.3, -0.25) is 4.79 Å². The Morgan fingerprint density at radius 2 is 1.71 bits per heavy atom. The fraction of sp³-hybridized carbons (Fsp3) is 0.158. The topological polar surface area (TPSA) is 75.6 Å². The monoisotopic (exact) mass is 327 g/mol. The lowest BCUT2D eigenvalue weighted by atomic mass is 10.0. The van der Waals surface area contributed by atoms with Crippen LogP contribution in [0.4, 0.5) is 5.69 Å². The minimum Gasteiger partial charge on any atom is -0.489 e. The number of carbonyl (C=O) groups is 2. The summed E-state index contributed by atoms with van der Waals surface area (Å²) in [6, 6.07) is 3.63. The summed E-state index contributed by atoms with van der Waals surface area (Å²) in [6.45, 7) is 11.4. The fourth-order valence-corrected chi connectivity index (χ4v) is 2.04. The molecule has 5 heteroatoms. The highest BCUT2D eigenvalue weighted by Crippen LogP contribution is 2.29. The molecule has 1 aromatic carbocycles. The van der Waals surface area contributed by atoms with E-state index in [1.165, 1.54) is 0 Å². The summed E-state index contributed by atoms with van der Waals surface area (Å²) in [4.78, 5) is 22.3. The molecule has 1 amide bonds. The number of amides is 1. The maximum absolute atomic E-state index is 11.8. The molecule has 0 unspecified atom stereocenters. The fourth-order valence-electron chi connectivity index (χ4n) is 2.04. The number of carboxylic acid groups (broad SMARTS) is 1. The van der Waals surface area contributed by atoms with Crippen LogP contribution in [0.15, 0.2) is 62.2 Å². The van der Waals surface area contributed by atoms with Crippen LogP contribution in [0.1, 0.15) is 11.1 Å². The SMILES string of the molecule is C=CCOc1cc(NC(=O)C=CC(=O)O)c(CC=C)cc1CC=C. The predicted molar refractivity (Wildman–Crippen MR) is 95.3 cm³/mol. The average molecular weight is 327 g/mol. The lowest BCUT2D eigenvalue weighted by Crippen LogP contribution is -2.11. The molecule has 0 fully saturated rings. The summed E-state index contributed by atoms with van der Waals surface area (Å²) in [6.07, 6.45) is 8.02. The molecule has 0 spiro atoms. The molecular weight excluding hydrogens is 306 g/mol. The molecule has 0 saturated carbocycles. The molecule has 24 heavy (non-hydrogen) atoms. The molecule has 0 aliphatic heterocycles. The number of rotatable bonds is 10. The molecule has 0 radical (unpaired) electrons. The summed E-state index contributed by atoms with van der Waals surface area (Å²) in [5, 5.41) is 11.3. The molecule has 0 aliphatic carbocycles. The highest BCUT2D eigenvalue weighted by Gasteiger charge is 2.11. The summed E-state index contributed by atoms with van der Waals surface area (Å²) in [7, 11) is 0. The zero-order valence-electron chi connectivity index (χ0n) is 13.5. The summed E-state index contributed by atoms with van der Waals surface area (Å²) in [5.41, 5.74) is 2.33. The second kappa shape index (κ2) is 9.84. The molecule has 5 nitrogen and oxygen atoms in total. The van der Waals surface area contributed by atoms with Gasteiger partial charge in [-0.05, 0) is 30.0 Å². The van der Waals surface area contributed by atoms with Gasteiger partial charge in [0.25, 0.3) is 0 Å². The van der Waals surface area contributed by atoms with Gasteiger partial charge in [-0.2, -0.15) is 0 Å². The summed E-state index contributed by atoms with van der Waals surface area (Å²) >= 11 is 0. The third kappa shape index (κ3) is 5.96. The van der Waals surface area contributed by atoms with Crippen LogP contribution in [0.3, 0.4) is 0 Å². The molecule has 0 bridgehead atoms. The number of aliphatic carboxylic acids is 1. The normalized spacial score (nSPS) is 10.2. The number of hydrogen-bond acceptors (Lipinski definition) is 3. The summed E-state index contributed by atoms with van der Waals surface area (Å²) < 4.78 is 5.64. The third-order valence-corrected chi connectivity index (χ3v) is 3.01. The van der Waals surface area contributed by atoms with Crippen LogP contribution in [-0.4, -0.2) is 23.6 Å². The van der Waals surface area contributed by atoms with Crippen LogP contribution in [0.5, 0.6) is 5.75 Å². The van der Waals surface area contributed by atoms with Crippen molar-refractivity contribution in [2.45, 2.75) is 12.8 Å². The van der Waals surface area contributed by atoms with Crippen molar-refractivity contribution in [2.75, 3.05) is 11.9 Å². The largest absolute Gasteiger partial charge is 0.489 e. The van der Waals surface area contributed by atoms with Gasteiger partial charge in [0, 0.05) is 23.9 Å². The van der Waals surface area contributed by atoms with E-state index < -0.39 is 11.9 Å². The Labute approximate surface area is 141 Å². The van der Waals surface area contributed by atoms with E-state index in [4.69, 9.17) is 9.84 Å². The molecule has 0 saturated heterocycles. The van der Waals surface area contributed by atoms with E-state index in [9.17, 15) is 9.59 Å². The van der Waals surface area contributed by atoms with Gasteiger partial charge in [-0.25, -0.2) is 4.79 Å². The molecule has 0 heterocycles. The minimum absolute atomic E-state index is 0.331. The quantitative estimate of drug-likeness (QED) is 0.511. The van der Waals surface area contributed by atoms with Crippen LogP contribution < -0.4 is 10.1 Å². The van der Waals surface area contributed by atoms with Gasteiger partial charge in [0.2, 0.25) is 5.91 Å². The second-order valence-corrected chi connectivity index (χ2v) is 4.86. The molecule has 1 rings (SSSR count). The van der Waals surface area contributed by atoms with Crippen molar-refractivity contribution in [3.8, 4) is 5.75 Å². The van der Waals surface area contributed by atoms with Crippen LogP contribution in [0.2, 0.25) is 0 Å². The molecule has 0 aromatic heterocycles. The summed E-state index contributed by atoms with van der Waals surface area (Å²) in [5.74, 6) is -1.11. The number of ether oxygens (including phenoxy) is 1. The Morgan fingerprint density at radius 1 is 1.04 bits per heavy atom. The second-order valence-electron chi connectivity index (χ2n) is 4.86. The van der Waals surface area contributed by atoms with Crippen molar-refractivity contribution in [2.24, 2.45) is 0 Å². The first-order valence-corrected chi connectivity index (χ1v) is 7.35. The van der Waals surface area contributed by atoms with Gasteiger partial charge in [0.1, 0.15) is 12.4 Å². The predicted octanol–water partition coefficient (Wildman–Crippen LogP) is 3.29. The minimum atomic E-state index is -1.19. The Morgan fingerprint density at radius 3 is 2.29 bits per heavy atom. The molecule has 0 aliphatic rings. The zero-order valence-corrected chi connectivity index (χ0v) is 13.5. The molecule has 1 aromatic rings. The van der Waals surface area contributed by atoms with Crippen molar-refractivity contribution < 1.29 is 19.4 Å². The number of carboxylic acids is 1. The van der Waals surface area contributed by atoms with Crippen molar-refractivity contribution >= 4 is 17.6 Å². The molecular formula is C19H21NO4. The maximum atomic E-state index is 11.8. The highest BCUT2D eigenvalue weighted by molar-refractivity contribution is 6.02. The van der Waals surface area contributed by atoms with Gasteiger partial charge in [-0.15, -0.1) is 13.2 Å². The molecule has 2 N–H and O–H groups in total. The first kappa shape index (κ1) is 19.0. The number of carbonyl (C=O) groups excluding carboxylic acids is 1. The van der Waals surface area contributed by atoms with Crippen LogP contribution in [0.25, 0.3) is 0 Å². The van der Waals surface area contributed by atoms with Crippen molar-refractivity contribution in [1.29, 1.82) is 0 Å². The number of hydrogen-bond donors (Lipinski definition) is 2. The van der Waals surface area contributed by atoms with E-state index in [0.717, 1.165) is 23.3 Å².